The highest BCUT2D eigenvalue weighted by molar-refractivity contribution is 8.14. The minimum atomic E-state index is -0.455. The van der Waals surface area contributed by atoms with Gasteiger partial charge in [0, 0.05) is 12.3 Å². The van der Waals surface area contributed by atoms with Crippen molar-refractivity contribution in [2.75, 3.05) is 12.3 Å². The van der Waals surface area contributed by atoms with E-state index in [0.29, 0.717) is 12.3 Å². The molecular weight excluding hydrogens is 291 g/mol. The van der Waals surface area contributed by atoms with Crippen LogP contribution in [-0.2, 0) is 4.79 Å². The highest BCUT2D eigenvalue weighted by Crippen LogP contribution is 2.38. The van der Waals surface area contributed by atoms with Crippen LogP contribution in [0.2, 0.25) is 0 Å². The minimum absolute atomic E-state index is 0.0630. The summed E-state index contributed by atoms with van der Waals surface area (Å²) in [6.45, 7) is 2.73. The van der Waals surface area contributed by atoms with E-state index in [0.717, 1.165) is 23.7 Å². The molecule has 2 saturated heterocycles. The van der Waals surface area contributed by atoms with Crippen molar-refractivity contribution in [1.82, 2.24) is 10.2 Å². The number of benzene rings is 1. The molecule has 0 spiro atoms. The predicted molar refractivity (Wildman–Crippen MR) is 79.4 cm³/mol. The van der Waals surface area contributed by atoms with E-state index in [9.17, 15) is 14.0 Å². The Morgan fingerprint density at radius 3 is 2.95 bits per heavy atom. The number of halogens is 1. The van der Waals surface area contributed by atoms with Gasteiger partial charge in [-0.25, -0.2) is 4.39 Å². The van der Waals surface area contributed by atoms with Gasteiger partial charge >= 0.3 is 0 Å². The summed E-state index contributed by atoms with van der Waals surface area (Å²) in [7, 11) is 0. The van der Waals surface area contributed by atoms with Crippen LogP contribution in [0.3, 0.4) is 0 Å². The van der Waals surface area contributed by atoms with E-state index in [4.69, 9.17) is 0 Å². The fourth-order valence-electron chi connectivity index (χ4n) is 3.11. The standard InChI is InChI=1S/C15H17FN2O2S/c1-9-5-6-18(14(19)12-8-21-15(20)17-12)13(9)10-3-2-4-11(16)7-10/h2-4,7,9,12-13H,5-6,8H2,1H3,(H,17,20)/t9-,12-,13-/m1/s1. The van der Waals surface area contributed by atoms with Crippen molar-refractivity contribution in [3.05, 3.63) is 35.6 Å². The van der Waals surface area contributed by atoms with E-state index in [1.165, 1.54) is 12.1 Å². The minimum Gasteiger partial charge on any atom is -0.334 e. The van der Waals surface area contributed by atoms with Gasteiger partial charge in [-0.05, 0) is 30.0 Å². The first-order valence-corrected chi connectivity index (χ1v) is 8.04. The van der Waals surface area contributed by atoms with E-state index in [-0.39, 0.29) is 28.9 Å². The second kappa shape index (κ2) is 5.67. The van der Waals surface area contributed by atoms with Crippen molar-refractivity contribution < 1.29 is 14.0 Å². The van der Waals surface area contributed by atoms with Gasteiger partial charge in [0.15, 0.2) is 0 Å². The largest absolute Gasteiger partial charge is 0.334 e. The van der Waals surface area contributed by atoms with Crippen molar-refractivity contribution in [2.24, 2.45) is 5.92 Å². The molecule has 2 heterocycles. The van der Waals surface area contributed by atoms with Gasteiger partial charge in [-0.1, -0.05) is 30.8 Å². The molecule has 0 bridgehead atoms. The Balaban J connectivity index is 1.84. The number of likely N-dealkylation sites (tertiary alicyclic amines) is 1. The molecule has 4 nitrogen and oxygen atoms in total. The number of rotatable bonds is 2. The molecule has 3 atom stereocenters. The lowest BCUT2D eigenvalue weighted by atomic mass is 9.95. The second-order valence-electron chi connectivity index (χ2n) is 5.59. The normalized spacial score (nSPS) is 28.8. The molecule has 1 aromatic carbocycles. The van der Waals surface area contributed by atoms with Crippen molar-refractivity contribution in [3.8, 4) is 0 Å². The summed E-state index contributed by atoms with van der Waals surface area (Å²) in [5, 5.41) is 2.54. The molecule has 0 radical (unpaired) electrons. The van der Waals surface area contributed by atoms with E-state index < -0.39 is 6.04 Å². The zero-order valence-corrected chi connectivity index (χ0v) is 12.5. The highest BCUT2D eigenvalue weighted by atomic mass is 32.2. The van der Waals surface area contributed by atoms with Gasteiger partial charge in [-0.15, -0.1) is 0 Å². The molecule has 112 valence electrons. The molecule has 2 fully saturated rings. The van der Waals surface area contributed by atoms with Gasteiger partial charge in [0.25, 0.3) is 5.24 Å². The summed E-state index contributed by atoms with van der Waals surface area (Å²) in [5.41, 5.74) is 0.824. The summed E-state index contributed by atoms with van der Waals surface area (Å²) >= 11 is 1.14. The average molecular weight is 308 g/mol. The second-order valence-corrected chi connectivity index (χ2v) is 6.59. The van der Waals surface area contributed by atoms with Crippen molar-refractivity contribution >= 4 is 22.9 Å². The first kappa shape index (κ1) is 14.4. The number of carbonyl (C=O) groups is 2. The molecule has 1 N–H and O–H groups in total. The lowest BCUT2D eigenvalue weighted by Crippen LogP contribution is -2.45. The average Bonchev–Trinajstić information content (AvgIpc) is 3.04. The third-order valence-electron chi connectivity index (χ3n) is 4.14. The van der Waals surface area contributed by atoms with Crippen LogP contribution >= 0.6 is 11.8 Å². The van der Waals surface area contributed by atoms with Crippen LogP contribution in [0.25, 0.3) is 0 Å². The molecular formula is C15H17FN2O2S. The molecule has 2 aliphatic heterocycles. The number of hydrogen-bond acceptors (Lipinski definition) is 3. The highest BCUT2D eigenvalue weighted by Gasteiger charge is 2.40. The fourth-order valence-corrected chi connectivity index (χ4v) is 3.88. The maximum absolute atomic E-state index is 13.5. The molecule has 0 unspecified atom stereocenters. The monoisotopic (exact) mass is 308 g/mol. The van der Waals surface area contributed by atoms with E-state index >= 15 is 0 Å². The van der Waals surface area contributed by atoms with Crippen LogP contribution in [0.4, 0.5) is 9.18 Å². The van der Waals surface area contributed by atoms with Gasteiger partial charge in [0.05, 0.1) is 6.04 Å². The van der Waals surface area contributed by atoms with Gasteiger partial charge in [0.2, 0.25) is 5.91 Å². The Morgan fingerprint density at radius 1 is 1.48 bits per heavy atom. The van der Waals surface area contributed by atoms with Crippen molar-refractivity contribution in [3.63, 3.8) is 0 Å². The first-order chi connectivity index (χ1) is 10.1. The quantitative estimate of drug-likeness (QED) is 0.913. The molecule has 0 aliphatic carbocycles. The summed E-state index contributed by atoms with van der Waals surface area (Å²) in [4.78, 5) is 25.7. The zero-order chi connectivity index (χ0) is 15.0. The van der Waals surface area contributed by atoms with Crippen LogP contribution in [-0.4, -0.2) is 34.4 Å². The summed E-state index contributed by atoms with van der Waals surface area (Å²) in [6.07, 6.45) is 0.890. The fraction of sp³-hybridized carbons (Fsp3) is 0.467. The SMILES string of the molecule is C[C@@H]1CCN(C(=O)[C@H]2CSC(=O)N2)[C@H]1c1cccc(F)c1. The third kappa shape index (κ3) is 2.77. The van der Waals surface area contributed by atoms with Crippen LogP contribution in [0.5, 0.6) is 0 Å². The molecule has 0 aromatic heterocycles. The zero-order valence-electron chi connectivity index (χ0n) is 11.7. The molecule has 3 rings (SSSR count). The van der Waals surface area contributed by atoms with E-state index in [1.807, 2.05) is 6.07 Å². The smallest absolute Gasteiger partial charge is 0.279 e. The Kier molecular flexibility index (Phi) is 3.89. The van der Waals surface area contributed by atoms with Crippen LogP contribution in [0, 0.1) is 11.7 Å². The van der Waals surface area contributed by atoms with E-state index in [2.05, 4.69) is 12.2 Å². The molecule has 1 aromatic rings. The van der Waals surface area contributed by atoms with Gasteiger partial charge < -0.3 is 10.2 Å². The van der Waals surface area contributed by atoms with Gasteiger partial charge in [0.1, 0.15) is 11.9 Å². The summed E-state index contributed by atoms with van der Waals surface area (Å²) in [5.74, 6) is 0.398. The Bertz CT molecular complexity index is 581. The molecule has 2 amide bonds. The number of thioether (sulfide) groups is 1. The van der Waals surface area contributed by atoms with Crippen LogP contribution < -0.4 is 5.32 Å². The number of nitrogens with one attached hydrogen (secondary N) is 1. The summed E-state index contributed by atoms with van der Waals surface area (Å²) < 4.78 is 13.5. The maximum Gasteiger partial charge on any atom is 0.279 e. The lowest BCUT2D eigenvalue weighted by Gasteiger charge is -2.29. The summed E-state index contributed by atoms with van der Waals surface area (Å²) in [6, 6.07) is 5.86. The molecule has 0 saturated carbocycles. The van der Waals surface area contributed by atoms with Crippen molar-refractivity contribution in [1.29, 1.82) is 0 Å². The van der Waals surface area contributed by atoms with Crippen molar-refractivity contribution in [2.45, 2.75) is 25.4 Å². The number of nitrogens with zero attached hydrogens (tertiary/aromatic N) is 1. The topological polar surface area (TPSA) is 49.4 Å². The van der Waals surface area contributed by atoms with Crippen LogP contribution in [0.15, 0.2) is 24.3 Å². The Morgan fingerprint density at radius 2 is 2.29 bits per heavy atom. The van der Waals surface area contributed by atoms with E-state index in [1.54, 1.807) is 11.0 Å². The number of amides is 2. The maximum atomic E-state index is 13.5. The Hall–Kier alpha value is -1.56. The number of carbonyl (C=O) groups excluding carboxylic acids is 2. The third-order valence-corrected chi connectivity index (χ3v) is 5.02. The van der Waals surface area contributed by atoms with Crippen LogP contribution in [0.1, 0.15) is 24.9 Å². The molecule has 2 aliphatic rings. The Labute approximate surface area is 127 Å². The van der Waals surface area contributed by atoms with Gasteiger partial charge in [-0.3, -0.25) is 9.59 Å². The number of hydrogen-bond donors (Lipinski definition) is 1. The first-order valence-electron chi connectivity index (χ1n) is 7.05. The molecule has 21 heavy (non-hydrogen) atoms. The lowest BCUT2D eigenvalue weighted by molar-refractivity contribution is -0.133. The molecule has 6 heteroatoms. The van der Waals surface area contributed by atoms with Gasteiger partial charge in [-0.2, -0.15) is 0 Å². The predicted octanol–water partition coefficient (Wildman–Crippen LogP) is 2.56.